The van der Waals surface area contributed by atoms with Gasteiger partial charge in [0.15, 0.2) is 0 Å². The standard InChI is InChI=1S/C12H19ClN2/c1-12(2,3)11-10(7-15(4)14-11)9-5-8(9)6-13/h7-9H,5-6H2,1-4H3. The Morgan fingerprint density at radius 1 is 1.53 bits per heavy atom. The Morgan fingerprint density at radius 3 is 2.67 bits per heavy atom. The Bertz CT molecular complexity index is 362. The Kier molecular flexibility index (Phi) is 2.58. The minimum atomic E-state index is 0.135. The molecule has 0 saturated heterocycles. The molecule has 1 fully saturated rings. The highest BCUT2D eigenvalue weighted by molar-refractivity contribution is 6.18. The minimum absolute atomic E-state index is 0.135. The van der Waals surface area contributed by atoms with E-state index in [9.17, 15) is 0 Å². The van der Waals surface area contributed by atoms with Crippen molar-refractivity contribution in [3.63, 3.8) is 0 Å². The van der Waals surface area contributed by atoms with Crippen molar-refractivity contribution in [2.45, 2.75) is 38.5 Å². The summed E-state index contributed by atoms with van der Waals surface area (Å²) in [7, 11) is 2.00. The molecule has 1 heterocycles. The second-order valence-corrected chi connectivity index (χ2v) is 5.92. The molecule has 0 aliphatic heterocycles. The molecule has 3 heteroatoms. The third kappa shape index (κ3) is 2.05. The topological polar surface area (TPSA) is 17.8 Å². The quantitative estimate of drug-likeness (QED) is 0.709. The van der Waals surface area contributed by atoms with Gasteiger partial charge in [-0.1, -0.05) is 20.8 Å². The fourth-order valence-corrected chi connectivity index (χ4v) is 2.50. The monoisotopic (exact) mass is 226 g/mol. The van der Waals surface area contributed by atoms with Crippen molar-refractivity contribution in [2.75, 3.05) is 5.88 Å². The molecule has 2 rings (SSSR count). The lowest BCUT2D eigenvalue weighted by atomic mass is 9.88. The largest absolute Gasteiger partial charge is 0.275 e. The zero-order valence-corrected chi connectivity index (χ0v) is 10.7. The number of nitrogens with zero attached hydrogens (tertiary/aromatic N) is 2. The summed E-state index contributed by atoms with van der Waals surface area (Å²) in [5, 5.41) is 4.59. The molecule has 0 bridgehead atoms. The summed E-state index contributed by atoms with van der Waals surface area (Å²) in [5.41, 5.74) is 2.79. The molecular weight excluding hydrogens is 208 g/mol. The highest BCUT2D eigenvalue weighted by Crippen LogP contribution is 2.50. The van der Waals surface area contributed by atoms with Gasteiger partial charge in [0.25, 0.3) is 0 Å². The van der Waals surface area contributed by atoms with E-state index in [0.717, 1.165) is 5.88 Å². The molecule has 1 aromatic heterocycles. The number of aryl methyl sites for hydroxylation is 1. The van der Waals surface area contributed by atoms with Crippen molar-refractivity contribution < 1.29 is 0 Å². The number of aromatic nitrogens is 2. The van der Waals surface area contributed by atoms with Gasteiger partial charge in [-0.25, -0.2) is 0 Å². The zero-order chi connectivity index (χ0) is 11.2. The van der Waals surface area contributed by atoms with E-state index >= 15 is 0 Å². The van der Waals surface area contributed by atoms with Gasteiger partial charge in [0.1, 0.15) is 0 Å². The Labute approximate surface area is 96.6 Å². The van der Waals surface area contributed by atoms with Gasteiger partial charge in [-0.05, 0) is 23.8 Å². The first kappa shape index (κ1) is 11.0. The van der Waals surface area contributed by atoms with E-state index in [2.05, 4.69) is 32.1 Å². The fraction of sp³-hybridized carbons (Fsp3) is 0.750. The molecule has 0 amide bonds. The first-order chi connectivity index (χ1) is 6.93. The third-order valence-electron chi connectivity index (χ3n) is 3.09. The molecule has 0 radical (unpaired) electrons. The molecule has 0 N–H and O–H groups in total. The lowest BCUT2D eigenvalue weighted by Gasteiger charge is -2.17. The SMILES string of the molecule is Cn1cc(C2CC2CCl)c(C(C)(C)C)n1. The molecule has 15 heavy (non-hydrogen) atoms. The molecule has 1 aliphatic rings. The maximum atomic E-state index is 5.89. The third-order valence-corrected chi connectivity index (χ3v) is 3.48. The van der Waals surface area contributed by atoms with Gasteiger partial charge >= 0.3 is 0 Å². The van der Waals surface area contributed by atoms with Gasteiger partial charge in [-0.3, -0.25) is 4.68 Å². The molecule has 0 aromatic carbocycles. The summed E-state index contributed by atoms with van der Waals surface area (Å²) < 4.78 is 1.93. The number of alkyl halides is 1. The van der Waals surface area contributed by atoms with Crippen molar-refractivity contribution in [1.29, 1.82) is 0 Å². The number of halogens is 1. The summed E-state index contributed by atoms with van der Waals surface area (Å²) in [6.07, 6.45) is 3.40. The van der Waals surface area contributed by atoms with Gasteiger partial charge in [0.2, 0.25) is 0 Å². The fourth-order valence-electron chi connectivity index (χ4n) is 2.16. The Morgan fingerprint density at radius 2 is 2.20 bits per heavy atom. The number of rotatable bonds is 2. The molecule has 2 nitrogen and oxygen atoms in total. The van der Waals surface area contributed by atoms with Crippen LogP contribution in [0.5, 0.6) is 0 Å². The second-order valence-electron chi connectivity index (χ2n) is 5.61. The summed E-state index contributed by atoms with van der Waals surface area (Å²) in [5.74, 6) is 2.12. The van der Waals surface area contributed by atoms with Crippen molar-refractivity contribution >= 4 is 11.6 Å². The normalized spacial score (nSPS) is 25.7. The van der Waals surface area contributed by atoms with E-state index < -0.39 is 0 Å². The molecule has 2 atom stereocenters. The lowest BCUT2D eigenvalue weighted by Crippen LogP contribution is -2.14. The van der Waals surface area contributed by atoms with Crippen LogP contribution in [-0.2, 0) is 12.5 Å². The van der Waals surface area contributed by atoms with Crippen molar-refractivity contribution in [2.24, 2.45) is 13.0 Å². The Hall–Kier alpha value is -0.500. The minimum Gasteiger partial charge on any atom is -0.275 e. The van der Waals surface area contributed by atoms with Crippen LogP contribution >= 0.6 is 11.6 Å². The first-order valence-corrected chi connectivity index (χ1v) is 6.07. The number of hydrogen-bond donors (Lipinski definition) is 0. The van der Waals surface area contributed by atoms with Crippen LogP contribution in [0.15, 0.2) is 6.20 Å². The van der Waals surface area contributed by atoms with Gasteiger partial charge < -0.3 is 0 Å². The second kappa shape index (κ2) is 3.51. The number of hydrogen-bond acceptors (Lipinski definition) is 1. The van der Waals surface area contributed by atoms with Crippen LogP contribution in [0.2, 0.25) is 0 Å². The molecule has 1 aromatic rings. The Balaban J connectivity index is 2.31. The van der Waals surface area contributed by atoms with Gasteiger partial charge in [-0.15, -0.1) is 11.6 Å². The van der Waals surface area contributed by atoms with Crippen LogP contribution in [0.1, 0.15) is 44.4 Å². The van der Waals surface area contributed by atoms with Crippen molar-refractivity contribution in [1.82, 2.24) is 9.78 Å². The summed E-state index contributed by atoms with van der Waals surface area (Å²) in [6.45, 7) is 6.66. The van der Waals surface area contributed by atoms with Gasteiger partial charge in [-0.2, -0.15) is 5.10 Å². The van der Waals surface area contributed by atoms with Crippen molar-refractivity contribution in [3.8, 4) is 0 Å². The van der Waals surface area contributed by atoms with Crippen LogP contribution in [0.4, 0.5) is 0 Å². The van der Waals surface area contributed by atoms with Crippen LogP contribution in [-0.4, -0.2) is 15.7 Å². The maximum absolute atomic E-state index is 5.89. The maximum Gasteiger partial charge on any atom is 0.0712 e. The zero-order valence-electron chi connectivity index (χ0n) is 9.92. The summed E-state index contributed by atoms with van der Waals surface area (Å²) in [4.78, 5) is 0. The van der Waals surface area contributed by atoms with E-state index in [1.165, 1.54) is 17.7 Å². The molecule has 2 unspecified atom stereocenters. The van der Waals surface area contributed by atoms with Crippen LogP contribution < -0.4 is 0 Å². The smallest absolute Gasteiger partial charge is 0.0712 e. The lowest BCUT2D eigenvalue weighted by molar-refractivity contribution is 0.547. The molecule has 1 saturated carbocycles. The molecule has 84 valence electrons. The van der Waals surface area contributed by atoms with E-state index in [1.54, 1.807) is 0 Å². The predicted molar refractivity (Wildman–Crippen MR) is 63.5 cm³/mol. The van der Waals surface area contributed by atoms with Crippen LogP contribution in [0.3, 0.4) is 0 Å². The first-order valence-electron chi connectivity index (χ1n) is 5.53. The van der Waals surface area contributed by atoms with Crippen LogP contribution in [0, 0.1) is 5.92 Å². The molecule has 1 aliphatic carbocycles. The van der Waals surface area contributed by atoms with Gasteiger partial charge in [0.05, 0.1) is 5.69 Å². The van der Waals surface area contributed by atoms with E-state index in [1.807, 2.05) is 11.7 Å². The average Bonchev–Trinajstić information content (AvgIpc) is 2.80. The van der Waals surface area contributed by atoms with E-state index in [0.29, 0.717) is 11.8 Å². The van der Waals surface area contributed by atoms with E-state index in [4.69, 9.17) is 11.6 Å². The summed E-state index contributed by atoms with van der Waals surface area (Å²) in [6, 6.07) is 0. The predicted octanol–water partition coefficient (Wildman–Crippen LogP) is 3.06. The van der Waals surface area contributed by atoms with Gasteiger partial charge in [0, 0.05) is 24.5 Å². The van der Waals surface area contributed by atoms with E-state index in [-0.39, 0.29) is 5.41 Å². The van der Waals surface area contributed by atoms with Crippen molar-refractivity contribution in [3.05, 3.63) is 17.5 Å². The molecule has 0 spiro atoms. The van der Waals surface area contributed by atoms with Crippen LogP contribution in [0.25, 0.3) is 0 Å². The molecular formula is C12H19ClN2. The summed E-state index contributed by atoms with van der Waals surface area (Å²) >= 11 is 5.89. The highest BCUT2D eigenvalue weighted by Gasteiger charge is 2.41. The highest BCUT2D eigenvalue weighted by atomic mass is 35.5. The average molecular weight is 227 g/mol.